The maximum absolute atomic E-state index is 13.0. The second-order valence-electron chi connectivity index (χ2n) is 10.4. The monoisotopic (exact) mass is 535 g/mol. The number of thiazole rings is 1. The van der Waals surface area contributed by atoms with Gasteiger partial charge in [0.15, 0.2) is 0 Å². The van der Waals surface area contributed by atoms with Crippen LogP contribution in [0.15, 0.2) is 48.5 Å². The maximum Gasteiger partial charge on any atom is 0.255 e. The SMILES string of the molecule is O=C1NCCOCCCCC2(CCN(C(=O)CCCc3nc4ccccc4s3)CC2)COc2ccccc21. The highest BCUT2D eigenvalue weighted by Gasteiger charge is 2.36. The van der Waals surface area contributed by atoms with E-state index >= 15 is 0 Å². The molecule has 7 nitrogen and oxygen atoms in total. The minimum atomic E-state index is -0.137. The number of rotatable bonds is 4. The van der Waals surface area contributed by atoms with Gasteiger partial charge in [-0.2, -0.15) is 0 Å². The van der Waals surface area contributed by atoms with Gasteiger partial charge in [-0.05, 0) is 62.8 Å². The van der Waals surface area contributed by atoms with Gasteiger partial charge in [-0.3, -0.25) is 9.59 Å². The first kappa shape index (κ1) is 26.6. The molecule has 0 aliphatic carbocycles. The van der Waals surface area contributed by atoms with Gasteiger partial charge in [-0.1, -0.05) is 30.7 Å². The summed E-state index contributed by atoms with van der Waals surface area (Å²) >= 11 is 1.72. The van der Waals surface area contributed by atoms with Crippen molar-refractivity contribution in [2.45, 2.75) is 51.4 Å². The quantitative estimate of drug-likeness (QED) is 0.494. The Kier molecular flexibility index (Phi) is 8.91. The standard InChI is InChI=1S/C30H37N3O4S/c34-28(13-7-12-27-32-24-9-2-4-11-26(24)38-27)33-18-15-30(16-19-33)14-5-6-20-36-21-17-31-29(35)23-8-1-3-10-25(23)37-22-30/h1-4,8-11H,5-7,12-22H2,(H,31,35). The number of carbonyl (C=O) groups excluding carboxylic acids is 2. The molecule has 38 heavy (non-hydrogen) atoms. The number of aryl methyl sites for hydroxylation is 1. The number of likely N-dealkylation sites (tertiary alicyclic amines) is 1. The van der Waals surface area contributed by atoms with Crippen LogP contribution in [0, 0.1) is 5.41 Å². The summed E-state index contributed by atoms with van der Waals surface area (Å²) in [5.41, 5.74) is 1.59. The third kappa shape index (κ3) is 6.72. The van der Waals surface area contributed by atoms with E-state index in [9.17, 15) is 9.59 Å². The highest BCUT2D eigenvalue weighted by molar-refractivity contribution is 7.18. The average Bonchev–Trinajstić information content (AvgIpc) is 3.36. The van der Waals surface area contributed by atoms with E-state index in [1.54, 1.807) is 17.4 Å². The molecule has 0 atom stereocenters. The molecule has 1 fully saturated rings. The Bertz CT molecular complexity index is 1200. The van der Waals surface area contributed by atoms with Crippen LogP contribution in [0.25, 0.3) is 10.2 Å². The minimum absolute atomic E-state index is 0.00845. The van der Waals surface area contributed by atoms with Crippen LogP contribution >= 0.6 is 11.3 Å². The molecule has 2 aromatic carbocycles. The van der Waals surface area contributed by atoms with E-state index in [2.05, 4.69) is 11.4 Å². The molecule has 3 heterocycles. The van der Waals surface area contributed by atoms with E-state index in [0.29, 0.717) is 44.1 Å². The van der Waals surface area contributed by atoms with Crippen LogP contribution in [0.4, 0.5) is 0 Å². The molecule has 0 radical (unpaired) electrons. The molecule has 3 aromatic rings. The lowest BCUT2D eigenvalue weighted by atomic mass is 9.75. The summed E-state index contributed by atoms with van der Waals surface area (Å²) in [5.74, 6) is 0.718. The molecule has 0 saturated carbocycles. The second kappa shape index (κ2) is 12.7. The number of hydrogen-bond acceptors (Lipinski definition) is 6. The van der Waals surface area contributed by atoms with Crippen LogP contribution in [0.5, 0.6) is 5.75 Å². The van der Waals surface area contributed by atoms with Gasteiger partial charge in [-0.25, -0.2) is 4.98 Å². The summed E-state index contributed by atoms with van der Waals surface area (Å²) in [4.78, 5) is 32.4. The fraction of sp³-hybridized carbons (Fsp3) is 0.500. The van der Waals surface area contributed by atoms with Crippen LogP contribution in [-0.4, -0.2) is 61.2 Å². The molecule has 2 aliphatic heterocycles. The van der Waals surface area contributed by atoms with E-state index < -0.39 is 0 Å². The number of para-hydroxylation sites is 2. The summed E-state index contributed by atoms with van der Waals surface area (Å²) in [6.45, 7) is 3.75. The summed E-state index contributed by atoms with van der Waals surface area (Å²) in [7, 11) is 0. The van der Waals surface area contributed by atoms with Crippen molar-refractivity contribution < 1.29 is 19.1 Å². The molecule has 202 valence electrons. The normalized spacial score (nSPS) is 18.8. The van der Waals surface area contributed by atoms with Crippen molar-refractivity contribution in [3.05, 3.63) is 59.1 Å². The van der Waals surface area contributed by atoms with Crippen molar-refractivity contribution in [3.63, 3.8) is 0 Å². The summed E-state index contributed by atoms with van der Waals surface area (Å²) in [6, 6.07) is 15.6. The van der Waals surface area contributed by atoms with E-state index in [1.165, 1.54) is 4.70 Å². The van der Waals surface area contributed by atoms with Crippen molar-refractivity contribution in [2.24, 2.45) is 5.41 Å². The van der Waals surface area contributed by atoms with Gasteiger partial charge in [0.25, 0.3) is 5.91 Å². The lowest BCUT2D eigenvalue weighted by Gasteiger charge is -2.42. The smallest absolute Gasteiger partial charge is 0.255 e. The lowest BCUT2D eigenvalue weighted by Crippen LogP contribution is -2.45. The van der Waals surface area contributed by atoms with Gasteiger partial charge in [-0.15, -0.1) is 11.3 Å². The van der Waals surface area contributed by atoms with E-state index in [-0.39, 0.29) is 17.2 Å². The van der Waals surface area contributed by atoms with Crippen LogP contribution < -0.4 is 10.1 Å². The van der Waals surface area contributed by atoms with Crippen molar-refractivity contribution in [1.82, 2.24) is 15.2 Å². The maximum atomic E-state index is 13.0. The third-order valence-electron chi connectivity index (χ3n) is 7.74. The Morgan fingerprint density at radius 3 is 2.71 bits per heavy atom. The second-order valence-corrected chi connectivity index (χ2v) is 11.5. The van der Waals surface area contributed by atoms with Crippen LogP contribution in [0.3, 0.4) is 0 Å². The number of nitrogens with one attached hydrogen (secondary N) is 1. The molecule has 5 rings (SSSR count). The highest BCUT2D eigenvalue weighted by Crippen LogP contribution is 2.38. The molecule has 1 spiro atoms. The predicted octanol–water partition coefficient (Wildman–Crippen LogP) is 5.24. The number of benzene rings is 2. The van der Waals surface area contributed by atoms with E-state index in [0.717, 1.165) is 68.6 Å². The number of fused-ring (bicyclic) bond motifs is 2. The molecule has 1 saturated heterocycles. The van der Waals surface area contributed by atoms with Crippen molar-refractivity contribution in [3.8, 4) is 5.75 Å². The molecule has 2 amide bonds. The lowest BCUT2D eigenvalue weighted by molar-refractivity contribution is -0.134. The topological polar surface area (TPSA) is 80.8 Å². The fourth-order valence-corrected chi connectivity index (χ4v) is 6.43. The summed E-state index contributed by atoms with van der Waals surface area (Å²) in [6.07, 6.45) is 7.11. The zero-order valence-corrected chi connectivity index (χ0v) is 22.8. The Balaban J connectivity index is 1.17. The van der Waals surface area contributed by atoms with Gasteiger partial charge in [0.05, 0.1) is 34.0 Å². The number of aromatic nitrogens is 1. The number of nitrogens with zero attached hydrogens (tertiary/aromatic N) is 2. The minimum Gasteiger partial charge on any atom is -0.492 e. The first-order chi connectivity index (χ1) is 18.6. The first-order valence-electron chi connectivity index (χ1n) is 13.8. The molecule has 1 aromatic heterocycles. The molecular weight excluding hydrogens is 498 g/mol. The van der Waals surface area contributed by atoms with Crippen molar-refractivity contribution >= 4 is 33.4 Å². The highest BCUT2D eigenvalue weighted by atomic mass is 32.1. The Labute approximate surface area is 228 Å². The van der Waals surface area contributed by atoms with Crippen LogP contribution in [0.1, 0.15) is 60.3 Å². The fourth-order valence-electron chi connectivity index (χ4n) is 5.42. The van der Waals surface area contributed by atoms with Gasteiger partial charge in [0, 0.05) is 38.1 Å². The summed E-state index contributed by atoms with van der Waals surface area (Å²) in [5, 5.41) is 4.03. The number of piperidine rings is 1. The van der Waals surface area contributed by atoms with Crippen LogP contribution in [-0.2, 0) is 16.0 Å². The zero-order valence-electron chi connectivity index (χ0n) is 22.0. The van der Waals surface area contributed by atoms with Crippen molar-refractivity contribution in [2.75, 3.05) is 39.5 Å². The van der Waals surface area contributed by atoms with Crippen LogP contribution in [0.2, 0.25) is 0 Å². The Morgan fingerprint density at radius 2 is 1.84 bits per heavy atom. The number of carbonyl (C=O) groups is 2. The number of ether oxygens (including phenoxy) is 2. The largest absolute Gasteiger partial charge is 0.492 e. The Morgan fingerprint density at radius 1 is 1.03 bits per heavy atom. The first-order valence-corrected chi connectivity index (χ1v) is 14.6. The summed E-state index contributed by atoms with van der Waals surface area (Å²) < 4.78 is 13.3. The molecule has 2 aliphatic rings. The number of hydrogen-bond donors (Lipinski definition) is 1. The van der Waals surface area contributed by atoms with Crippen molar-refractivity contribution in [1.29, 1.82) is 0 Å². The van der Waals surface area contributed by atoms with E-state index in [4.69, 9.17) is 14.5 Å². The molecule has 1 N–H and O–H groups in total. The van der Waals surface area contributed by atoms with E-state index in [1.807, 2.05) is 41.3 Å². The zero-order chi connectivity index (χ0) is 26.2. The van der Waals surface area contributed by atoms with Gasteiger partial charge >= 0.3 is 0 Å². The molecular formula is C30H37N3O4S. The third-order valence-corrected chi connectivity index (χ3v) is 8.84. The molecule has 0 bridgehead atoms. The Hall–Kier alpha value is -2.97. The molecule has 8 heteroatoms. The average molecular weight is 536 g/mol. The van der Waals surface area contributed by atoms with Gasteiger partial charge < -0.3 is 19.7 Å². The van der Waals surface area contributed by atoms with Gasteiger partial charge in [0.2, 0.25) is 5.91 Å². The number of amides is 2. The molecule has 0 unspecified atom stereocenters. The predicted molar refractivity (Wildman–Crippen MR) is 150 cm³/mol. The van der Waals surface area contributed by atoms with Gasteiger partial charge in [0.1, 0.15) is 5.75 Å².